The fraction of sp³-hybridized carbons (Fsp3) is 0.250. The summed E-state index contributed by atoms with van der Waals surface area (Å²) in [5.41, 5.74) is 0.634. The molecule has 0 heterocycles. The van der Waals surface area contributed by atoms with Crippen molar-refractivity contribution in [2.75, 3.05) is 6.26 Å². The molecule has 17 heavy (non-hydrogen) atoms. The third-order valence-corrected chi connectivity index (χ3v) is 2.51. The summed E-state index contributed by atoms with van der Waals surface area (Å²) in [5, 5.41) is 4.90. The fourth-order valence-electron chi connectivity index (χ4n) is 0.780. The fourth-order valence-corrected chi connectivity index (χ4v) is 1.87. The minimum absolute atomic E-state index is 0.161. The van der Waals surface area contributed by atoms with E-state index in [1.54, 1.807) is 24.3 Å². The second kappa shape index (κ2) is 6.55. The molecule has 0 fully saturated rings. The molecule has 1 aromatic rings. The molecule has 0 saturated heterocycles. The Morgan fingerprint density at radius 1 is 1.12 bits per heavy atom. The van der Waals surface area contributed by atoms with E-state index < -0.39 is 19.1 Å². The Bertz CT molecular complexity index is 544. The standard InChI is InChI=1S/C7H6Cl2O2S.CH5NO2S/c8-7-3-1-6(2-4-7)5-12(9,10)11;1-5(2,3)4/h1-4H,5H2;1H3,(H2,2,3,4). The van der Waals surface area contributed by atoms with Crippen molar-refractivity contribution in [1.82, 2.24) is 0 Å². The van der Waals surface area contributed by atoms with Crippen LogP contribution in [0.15, 0.2) is 24.3 Å². The molecule has 0 aromatic heterocycles. The maximum atomic E-state index is 10.6. The van der Waals surface area contributed by atoms with E-state index in [2.05, 4.69) is 5.14 Å². The van der Waals surface area contributed by atoms with Gasteiger partial charge in [0.1, 0.15) is 0 Å². The van der Waals surface area contributed by atoms with Gasteiger partial charge >= 0.3 is 0 Å². The number of hydrogen-bond acceptors (Lipinski definition) is 4. The van der Waals surface area contributed by atoms with E-state index in [4.69, 9.17) is 22.3 Å². The van der Waals surface area contributed by atoms with Gasteiger partial charge in [-0.3, -0.25) is 0 Å². The summed E-state index contributed by atoms with van der Waals surface area (Å²) in [5.74, 6) is -0.161. The van der Waals surface area contributed by atoms with Gasteiger partial charge in [0.25, 0.3) is 0 Å². The van der Waals surface area contributed by atoms with E-state index in [1.807, 2.05) is 0 Å². The zero-order valence-electron chi connectivity index (χ0n) is 8.80. The van der Waals surface area contributed by atoms with Crippen molar-refractivity contribution in [3.8, 4) is 0 Å². The van der Waals surface area contributed by atoms with Crippen molar-refractivity contribution in [2.45, 2.75) is 5.75 Å². The topological polar surface area (TPSA) is 94.3 Å². The molecule has 1 aromatic carbocycles. The first-order chi connectivity index (χ1) is 7.47. The second-order valence-corrected chi connectivity index (χ2v) is 8.01. The molecule has 0 amide bonds. The quantitative estimate of drug-likeness (QED) is 0.831. The monoisotopic (exact) mass is 319 g/mol. The minimum Gasteiger partial charge on any atom is -0.229 e. The molecule has 0 unspecified atom stereocenters. The van der Waals surface area contributed by atoms with Crippen LogP contribution in [-0.2, 0) is 24.8 Å². The van der Waals surface area contributed by atoms with Crippen molar-refractivity contribution in [2.24, 2.45) is 5.14 Å². The summed E-state index contributed by atoms with van der Waals surface area (Å²) in [7, 11) is -1.58. The van der Waals surface area contributed by atoms with E-state index in [-0.39, 0.29) is 5.75 Å². The number of nitrogens with two attached hydrogens (primary N) is 1. The Morgan fingerprint density at radius 3 is 1.76 bits per heavy atom. The first-order valence-corrected chi connectivity index (χ1v) is 8.93. The summed E-state index contributed by atoms with van der Waals surface area (Å²) in [6.45, 7) is 0. The number of rotatable bonds is 2. The predicted octanol–water partition coefficient (Wildman–Crippen LogP) is 1.31. The lowest BCUT2D eigenvalue weighted by atomic mass is 10.2. The van der Waals surface area contributed by atoms with Gasteiger partial charge in [-0.25, -0.2) is 22.0 Å². The van der Waals surface area contributed by atoms with Crippen LogP contribution in [0.5, 0.6) is 0 Å². The van der Waals surface area contributed by atoms with E-state index in [1.165, 1.54) is 0 Å². The first kappa shape index (κ1) is 16.7. The van der Waals surface area contributed by atoms with Crippen LogP contribution >= 0.6 is 22.3 Å². The summed E-state index contributed by atoms with van der Waals surface area (Å²) < 4.78 is 40.1. The maximum Gasteiger partial charge on any atom is 0.236 e. The van der Waals surface area contributed by atoms with Crippen molar-refractivity contribution < 1.29 is 16.8 Å². The number of benzene rings is 1. The Morgan fingerprint density at radius 2 is 1.47 bits per heavy atom. The average Bonchev–Trinajstić information content (AvgIpc) is 2.03. The third kappa shape index (κ3) is 13.6. The highest BCUT2D eigenvalue weighted by atomic mass is 35.7. The highest BCUT2D eigenvalue weighted by molar-refractivity contribution is 8.13. The molecule has 5 nitrogen and oxygen atoms in total. The van der Waals surface area contributed by atoms with Crippen molar-refractivity contribution in [1.29, 1.82) is 0 Å². The van der Waals surface area contributed by atoms with Crippen molar-refractivity contribution in [3.63, 3.8) is 0 Å². The number of primary sulfonamides is 1. The summed E-state index contributed by atoms with van der Waals surface area (Å²) in [6, 6.07) is 6.50. The molecular formula is C8H11Cl2NO4S2. The van der Waals surface area contributed by atoms with Crippen LogP contribution in [0, 0.1) is 0 Å². The highest BCUT2D eigenvalue weighted by Gasteiger charge is 2.05. The predicted molar refractivity (Wildman–Crippen MR) is 69.0 cm³/mol. The summed E-state index contributed by atoms with van der Waals surface area (Å²) >= 11 is 5.60. The Hall–Kier alpha value is -0.340. The molecule has 0 bridgehead atoms. The third-order valence-electron chi connectivity index (χ3n) is 1.25. The average molecular weight is 320 g/mol. The van der Waals surface area contributed by atoms with E-state index >= 15 is 0 Å². The normalized spacial score (nSPS) is 11.5. The van der Waals surface area contributed by atoms with Gasteiger partial charge in [-0.1, -0.05) is 23.7 Å². The van der Waals surface area contributed by atoms with Gasteiger partial charge in [0.15, 0.2) is 0 Å². The maximum absolute atomic E-state index is 10.6. The van der Waals surface area contributed by atoms with Gasteiger partial charge in [0.05, 0.1) is 12.0 Å². The zero-order chi connectivity index (χ0) is 13.7. The molecule has 0 spiro atoms. The van der Waals surface area contributed by atoms with E-state index in [9.17, 15) is 16.8 Å². The SMILES string of the molecule is CS(N)(=O)=O.O=S(=O)(Cl)Cc1ccc(Cl)cc1. The molecule has 9 heteroatoms. The molecule has 1 rings (SSSR count). The lowest BCUT2D eigenvalue weighted by molar-refractivity contribution is 0.603. The van der Waals surface area contributed by atoms with Gasteiger partial charge in [0, 0.05) is 15.7 Å². The lowest BCUT2D eigenvalue weighted by Crippen LogP contribution is -2.07. The Balaban J connectivity index is 0.000000437. The zero-order valence-corrected chi connectivity index (χ0v) is 11.9. The van der Waals surface area contributed by atoms with Crippen LogP contribution in [0.3, 0.4) is 0 Å². The molecule has 98 valence electrons. The van der Waals surface area contributed by atoms with Gasteiger partial charge < -0.3 is 0 Å². The smallest absolute Gasteiger partial charge is 0.229 e. The van der Waals surface area contributed by atoms with Crippen LogP contribution in [-0.4, -0.2) is 23.1 Å². The van der Waals surface area contributed by atoms with E-state index in [0.29, 0.717) is 10.6 Å². The first-order valence-electron chi connectivity index (χ1n) is 4.12. The Labute approximate surface area is 110 Å². The van der Waals surface area contributed by atoms with Gasteiger partial charge in [0.2, 0.25) is 19.1 Å². The largest absolute Gasteiger partial charge is 0.236 e. The van der Waals surface area contributed by atoms with Gasteiger partial charge in [-0.2, -0.15) is 0 Å². The van der Waals surface area contributed by atoms with Crippen LogP contribution < -0.4 is 5.14 Å². The molecule has 2 N–H and O–H groups in total. The molecule has 0 aliphatic carbocycles. The minimum atomic E-state index is -3.46. The van der Waals surface area contributed by atoms with Crippen LogP contribution in [0.4, 0.5) is 0 Å². The molecule has 0 radical (unpaired) electrons. The number of hydrogen-bond donors (Lipinski definition) is 1. The van der Waals surface area contributed by atoms with Crippen molar-refractivity contribution >= 4 is 41.4 Å². The Kier molecular flexibility index (Phi) is 6.42. The van der Waals surface area contributed by atoms with E-state index in [0.717, 1.165) is 6.26 Å². The second-order valence-electron chi connectivity index (χ2n) is 3.14. The summed E-state index contributed by atoms with van der Waals surface area (Å²) in [6.07, 6.45) is 0.938. The lowest BCUT2D eigenvalue weighted by Gasteiger charge is -1.96. The highest BCUT2D eigenvalue weighted by Crippen LogP contribution is 2.13. The molecule has 0 saturated carbocycles. The van der Waals surface area contributed by atoms with Gasteiger partial charge in [-0.05, 0) is 17.7 Å². The molecular weight excluding hydrogens is 309 g/mol. The molecule has 0 aliphatic heterocycles. The number of halogens is 2. The summed E-state index contributed by atoms with van der Waals surface area (Å²) in [4.78, 5) is 0. The van der Waals surface area contributed by atoms with Gasteiger partial charge in [-0.15, -0.1) is 0 Å². The van der Waals surface area contributed by atoms with Crippen LogP contribution in [0.2, 0.25) is 5.02 Å². The van der Waals surface area contributed by atoms with Crippen LogP contribution in [0.25, 0.3) is 0 Å². The molecule has 0 atom stereocenters. The van der Waals surface area contributed by atoms with Crippen molar-refractivity contribution in [3.05, 3.63) is 34.9 Å². The number of sulfonamides is 1. The molecule has 0 aliphatic rings. The van der Waals surface area contributed by atoms with Crippen LogP contribution in [0.1, 0.15) is 5.56 Å².